The van der Waals surface area contributed by atoms with E-state index in [0.29, 0.717) is 24.0 Å². The van der Waals surface area contributed by atoms with Crippen LogP contribution in [0.3, 0.4) is 0 Å². The van der Waals surface area contributed by atoms with Gasteiger partial charge in [-0.05, 0) is 43.7 Å². The van der Waals surface area contributed by atoms with Crippen LogP contribution in [0.2, 0.25) is 0 Å². The number of hydrogen-bond acceptors (Lipinski definition) is 2. The molecular weight excluding hydrogens is 316 g/mol. The first kappa shape index (κ1) is 17.1. The fraction of sp³-hybridized carbons (Fsp3) is 0.381. The Labute approximate surface area is 146 Å². The zero-order valence-electron chi connectivity index (χ0n) is 14.1. The van der Waals surface area contributed by atoms with E-state index in [9.17, 15) is 9.00 Å². The molecule has 0 spiro atoms. The van der Waals surface area contributed by atoms with Gasteiger partial charge in [-0.3, -0.25) is 9.00 Å². The minimum absolute atomic E-state index is 0.216. The average molecular weight is 340 g/mol. The first-order valence-electron chi connectivity index (χ1n) is 8.67. The van der Waals surface area contributed by atoms with Crippen molar-refractivity contribution in [2.75, 3.05) is 5.75 Å². The second-order valence-corrected chi connectivity index (χ2v) is 8.27. The molecule has 1 unspecified atom stereocenters. The fourth-order valence-electron chi connectivity index (χ4n) is 3.56. The molecule has 0 heterocycles. The van der Waals surface area contributed by atoms with Crippen LogP contribution in [0, 0.1) is 18.8 Å². The van der Waals surface area contributed by atoms with Crippen molar-refractivity contribution in [1.82, 2.24) is 0 Å². The molecule has 3 heteroatoms. The number of hydrogen-bond donors (Lipinski definition) is 0. The number of rotatable bonds is 6. The van der Waals surface area contributed by atoms with Crippen LogP contribution in [-0.4, -0.2) is 15.7 Å². The molecule has 1 saturated carbocycles. The predicted molar refractivity (Wildman–Crippen MR) is 98.7 cm³/mol. The van der Waals surface area contributed by atoms with Crippen molar-refractivity contribution in [3.05, 3.63) is 65.7 Å². The summed E-state index contributed by atoms with van der Waals surface area (Å²) >= 11 is 0. The number of carbonyl (C=O) groups is 1. The van der Waals surface area contributed by atoms with Gasteiger partial charge < -0.3 is 0 Å². The molecule has 0 aliphatic heterocycles. The SMILES string of the molecule is Cc1ccc(S(=O)C[C@H]2CCC[C@@H]2CC(=O)c2ccccc2)cc1. The van der Waals surface area contributed by atoms with Gasteiger partial charge in [-0.2, -0.15) is 0 Å². The Bertz CT molecular complexity index is 706. The number of benzene rings is 2. The van der Waals surface area contributed by atoms with Gasteiger partial charge in [0, 0.05) is 22.6 Å². The highest BCUT2D eigenvalue weighted by molar-refractivity contribution is 7.85. The van der Waals surface area contributed by atoms with Gasteiger partial charge in [0.05, 0.1) is 10.8 Å². The van der Waals surface area contributed by atoms with E-state index in [2.05, 4.69) is 0 Å². The lowest BCUT2D eigenvalue weighted by Crippen LogP contribution is -2.19. The molecule has 1 aliphatic carbocycles. The number of Topliss-reactive ketones (excluding diaryl/α,β-unsaturated/α-hetero) is 1. The third-order valence-electron chi connectivity index (χ3n) is 5.01. The smallest absolute Gasteiger partial charge is 0.163 e. The highest BCUT2D eigenvalue weighted by atomic mass is 32.2. The second kappa shape index (κ2) is 7.89. The van der Waals surface area contributed by atoms with E-state index in [-0.39, 0.29) is 5.78 Å². The van der Waals surface area contributed by atoms with Gasteiger partial charge in [0.15, 0.2) is 5.78 Å². The molecule has 1 fully saturated rings. The Morgan fingerprint density at radius 2 is 1.67 bits per heavy atom. The van der Waals surface area contributed by atoms with Crippen LogP contribution in [0.25, 0.3) is 0 Å². The van der Waals surface area contributed by atoms with E-state index in [1.54, 1.807) is 0 Å². The Balaban J connectivity index is 1.62. The fourth-order valence-corrected chi connectivity index (χ4v) is 5.02. The maximum atomic E-state index is 12.6. The molecule has 2 aromatic rings. The van der Waals surface area contributed by atoms with Crippen LogP contribution in [0.5, 0.6) is 0 Å². The van der Waals surface area contributed by atoms with E-state index >= 15 is 0 Å². The number of aryl methyl sites for hydroxylation is 1. The summed E-state index contributed by atoms with van der Waals surface area (Å²) in [5.74, 6) is 1.65. The van der Waals surface area contributed by atoms with Crippen LogP contribution in [0.15, 0.2) is 59.5 Å². The molecule has 0 aromatic heterocycles. The van der Waals surface area contributed by atoms with Crippen LogP contribution in [-0.2, 0) is 10.8 Å². The molecule has 1 aliphatic rings. The molecule has 3 rings (SSSR count). The number of ketones is 1. The van der Waals surface area contributed by atoms with Crippen molar-refractivity contribution >= 4 is 16.6 Å². The summed E-state index contributed by atoms with van der Waals surface area (Å²) in [7, 11) is -0.973. The molecule has 0 radical (unpaired) electrons. The summed E-state index contributed by atoms with van der Waals surface area (Å²) in [6, 6.07) is 17.5. The summed E-state index contributed by atoms with van der Waals surface area (Å²) in [5, 5.41) is 0. The van der Waals surface area contributed by atoms with Gasteiger partial charge in [0.25, 0.3) is 0 Å². The lowest BCUT2D eigenvalue weighted by molar-refractivity contribution is 0.0953. The van der Waals surface area contributed by atoms with Crippen LogP contribution in [0.1, 0.15) is 41.6 Å². The average Bonchev–Trinajstić information content (AvgIpc) is 3.03. The summed E-state index contributed by atoms with van der Waals surface area (Å²) in [5.41, 5.74) is 1.98. The molecule has 2 nitrogen and oxygen atoms in total. The maximum absolute atomic E-state index is 12.6. The first-order chi connectivity index (χ1) is 11.6. The Morgan fingerprint density at radius 1 is 1.00 bits per heavy atom. The van der Waals surface area contributed by atoms with E-state index in [1.165, 1.54) is 5.56 Å². The topological polar surface area (TPSA) is 34.1 Å². The Kier molecular flexibility index (Phi) is 5.62. The Morgan fingerprint density at radius 3 is 2.38 bits per heavy atom. The minimum Gasteiger partial charge on any atom is -0.294 e. The van der Waals surface area contributed by atoms with Crippen LogP contribution < -0.4 is 0 Å². The molecule has 24 heavy (non-hydrogen) atoms. The number of carbonyl (C=O) groups excluding carboxylic acids is 1. The molecule has 0 N–H and O–H groups in total. The van der Waals surface area contributed by atoms with Gasteiger partial charge in [-0.25, -0.2) is 0 Å². The van der Waals surface area contributed by atoms with Crippen molar-refractivity contribution in [2.45, 2.75) is 37.5 Å². The van der Waals surface area contributed by atoms with Crippen LogP contribution in [0.4, 0.5) is 0 Å². The minimum atomic E-state index is -0.973. The molecule has 126 valence electrons. The Hall–Kier alpha value is -1.74. The largest absolute Gasteiger partial charge is 0.294 e. The summed E-state index contributed by atoms with van der Waals surface area (Å²) in [6.45, 7) is 2.04. The summed E-state index contributed by atoms with van der Waals surface area (Å²) < 4.78 is 12.6. The molecule has 0 saturated heterocycles. The van der Waals surface area contributed by atoms with Gasteiger partial charge in [0.2, 0.25) is 0 Å². The third kappa shape index (κ3) is 4.21. The second-order valence-electron chi connectivity index (χ2n) is 6.77. The third-order valence-corrected chi connectivity index (χ3v) is 6.54. The lowest BCUT2D eigenvalue weighted by atomic mass is 9.90. The van der Waals surface area contributed by atoms with Crippen LogP contribution >= 0.6 is 0 Å². The van der Waals surface area contributed by atoms with Gasteiger partial charge in [-0.15, -0.1) is 0 Å². The molecule has 2 aromatic carbocycles. The molecule has 0 amide bonds. The van der Waals surface area contributed by atoms with Crippen molar-refractivity contribution in [1.29, 1.82) is 0 Å². The quantitative estimate of drug-likeness (QED) is 0.708. The van der Waals surface area contributed by atoms with Gasteiger partial charge >= 0.3 is 0 Å². The maximum Gasteiger partial charge on any atom is 0.163 e. The zero-order valence-corrected chi connectivity index (χ0v) is 14.9. The standard InChI is InChI=1S/C21H24O2S/c1-16-10-12-20(13-11-16)24(23)15-19-9-5-8-18(19)14-21(22)17-6-3-2-4-7-17/h2-4,6-7,10-13,18-19H,5,8-9,14-15H2,1H3/t18-,19-,24?/m1/s1. The monoisotopic (exact) mass is 340 g/mol. The van der Waals surface area contributed by atoms with Gasteiger partial charge in [-0.1, -0.05) is 54.4 Å². The molecule has 0 bridgehead atoms. The highest BCUT2D eigenvalue weighted by Crippen LogP contribution is 2.36. The first-order valence-corrected chi connectivity index (χ1v) is 9.98. The highest BCUT2D eigenvalue weighted by Gasteiger charge is 2.30. The van der Waals surface area contributed by atoms with E-state index in [0.717, 1.165) is 29.7 Å². The zero-order chi connectivity index (χ0) is 16.9. The van der Waals surface area contributed by atoms with E-state index < -0.39 is 10.8 Å². The molecular formula is C21H24O2S. The summed E-state index contributed by atoms with van der Waals surface area (Å²) in [4.78, 5) is 13.4. The summed E-state index contributed by atoms with van der Waals surface area (Å²) in [6.07, 6.45) is 3.89. The van der Waals surface area contributed by atoms with E-state index in [1.807, 2.05) is 61.5 Å². The lowest BCUT2D eigenvalue weighted by Gasteiger charge is -2.18. The van der Waals surface area contributed by atoms with Crippen molar-refractivity contribution < 1.29 is 9.00 Å². The molecule has 3 atom stereocenters. The van der Waals surface area contributed by atoms with E-state index in [4.69, 9.17) is 0 Å². The van der Waals surface area contributed by atoms with Gasteiger partial charge in [0.1, 0.15) is 0 Å². The van der Waals surface area contributed by atoms with Crippen molar-refractivity contribution in [3.63, 3.8) is 0 Å². The normalized spacial score (nSPS) is 21.5. The predicted octanol–water partition coefficient (Wildman–Crippen LogP) is 4.79. The van der Waals surface area contributed by atoms with Crippen molar-refractivity contribution in [3.8, 4) is 0 Å². The van der Waals surface area contributed by atoms with Crippen molar-refractivity contribution in [2.24, 2.45) is 11.8 Å².